The number of carbonyl (C=O) groups is 1. The second kappa shape index (κ2) is 8.33. The zero-order valence-corrected chi connectivity index (χ0v) is 15.4. The maximum absolute atomic E-state index is 12.5. The van der Waals surface area contributed by atoms with Crippen molar-refractivity contribution in [1.82, 2.24) is 10.2 Å². The van der Waals surface area contributed by atoms with E-state index in [9.17, 15) is 4.79 Å². The maximum atomic E-state index is 12.5. The lowest BCUT2D eigenvalue weighted by Crippen LogP contribution is -2.35. The van der Waals surface area contributed by atoms with Crippen LogP contribution in [0.15, 0.2) is 66.7 Å². The van der Waals surface area contributed by atoms with Gasteiger partial charge in [-0.1, -0.05) is 54.6 Å². The van der Waals surface area contributed by atoms with E-state index >= 15 is 0 Å². The summed E-state index contributed by atoms with van der Waals surface area (Å²) in [4.78, 5) is 14.9. The molecule has 1 saturated heterocycles. The Kier molecular flexibility index (Phi) is 5.47. The van der Waals surface area contributed by atoms with E-state index in [0.717, 1.165) is 38.4 Å². The van der Waals surface area contributed by atoms with E-state index in [1.807, 2.05) is 42.5 Å². The van der Waals surface area contributed by atoms with Gasteiger partial charge in [0.1, 0.15) is 0 Å². The highest BCUT2D eigenvalue weighted by Crippen LogP contribution is 2.18. The van der Waals surface area contributed by atoms with Crippen LogP contribution in [0.2, 0.25) is 0 Å². The van der Waals surface area contributed by atoms with Crippen molar-refractivity contribution in [1.29, 1.82) is 0 Å². The van der Waals surface area contributed by atoms with Gasteiger partial charge in [0.2, 0.25) is 0 Å². The molecule has 27 heavy (non-hydrogen) atoms. The van der Waals surface area contributed by atoms with Gasteiger partial charge in [-0.3, -0.25) is 9.69 Å². The molecule has 0 atom stereocenters. The molecule has 0 saturated carbocycles. The largest absolute Gasteiger partial charge is 0.379 e. The second-order valence-electron chi connectivity index (χ2n) is 6.91. The summed E-state index contributed by atoms with van der Waals surface area (Å²) in [7, 11) is 0. The Morgan fingerprint density at radius 1 is 0.926 bits per heavy atom. The Bertz CT molecular complexity index is 910. The number of hydrogen-bond acceptors (Lipinski definition) is 3. The SMILES string of the molecule is O=C(NCc1cccc2ccccc12)c1ccc(CN2CCOCC2)cc1. The smallest absolute Gasteiger partial charge is 0.251 e. The molecule has 3 aromatic carbocycles. The first-order valence-electron chi connectivity index (χ1n) is 9.43. The molecule has 0 bridgehead atoms. The normalized spacial score (nSPS) is 15.0. The van der Waals surface area contributed by atoms with Gasteiger partial charge < -0.3 is 10.1 Å². The lowest BCUT2D eigenvalue weighted by atomic mass is 10.0. The van der Waals surface area contributed by atoms with Gasteiger partial charge in [-0.05, 0) is 34.0 Å². The average Bonchev–Trinajstić information content (AvgIpc) is 2.73. The first kappa shape index (κ1) is 17.7. The fraction of sp³-hybridized carbons (Fsp3) is 0.261. The molecule has 4 rings (SSSR count). The van der Waals surface area contributed by atoms with Crippen LogP contribution >= 0.6 is 0 Å². The number of hydrogen-bond donors (Lipinski definition) is 1. The predicted molar refractivity (Wildman–Crippen MR) is 108 cm³/mol. The number of nitrogens with zero attached hydrogens (tertiary/aromatic N) is 1. The molecule has 1 aliphatic rings. The van der Waals surface area contributed by atoms with Gasteiger partial charge in [-0.15, -0.1) is 0 Å². The first-order valence-corrected chi connectivity index (χ1v) is 9.43. The highest BCUT2D eigenvalue weighted by atomic mass is 16.5. The maximum Gasteiger partial charge on any atom is 0.251 e. The van der Waals surface area contributed by atoms with Crippen molar-refractivity contribution >= 4 is 16.7 Å². The second-order valence-corrected chi connectivity index (χ2v) is 6.91. The monoisotopic (exact) mass is 360 g/mol. The number of rotatable bonds is 5. The van der Waals surface area contributed by atoms with Crippen LogP contribution in [-0.4, -0.2) is 37.1 Å². The minimum absolute atomic E-state index is 0.0409. The van der Waals surface area contributed by atoms with E-state index in [-0.39, 0.29) is 5.91 Å². The summed E-state index contributed by atoms with van der Waals surface area (Å²) < 4.78 is 5.38. The minimum atomic E-state index is -0.0409. The highest BCUT2D eigenvalue weighted by molar-refractivity contribution is 5.94. The third kappa shape index (κ3) is 4.35. The van der Waals surface area contributed by atoms with E-state index in [0.29, 0.717) is 12.1 Å². The molecule has 0 radical (unpaired) electrons. The minimum Gasteiger partial charge on any atom is -0.379 e. The molecule has 1 heterocycles. The third-order valence-electron chi connectivity index (χ3n) is 5.05. The molecule has 4 nitrogen and oxygen atoms in total. The molecule has 0 aromatic heterocycles. The molecular formula is C23H24N2O2. The van der Waals surface area contributed by atoms with Gasteiger partial charge in [0.25, 0.3) is 5.91 Å². The van der Waals surface area contributed by atoms with Crippen molar-refractivity contribution in [3.05, 3.63) is 83.4 Å². The van der Waals surface area contributed by atoms with Gasteiger partial charge in [-0.2, -0.15) is 0 Å². The standard InChI is InChI=1S/C23H24N2O2/c26-23(24-16-21-6-3-5-19-4-1-2-7-22(19)21)20-10-8-18(9-11-20)17-25-12-14-27-15-13-25/h1-11H,12-17H2,(H,24,26). The summed E-state index contributed by atoms with van der Waals surface area (Å²) in [6, 6.07) is 22.3. The van der Waals surface area contributed by atoms with E-state index in [4.69, 9.17) is 4.74 Å². The number of amides is 1. The van der Waals surface area contributed by atoms with E-state index in [1.165, 1.54) is 16.3 Å². The fourth-order valence-corrected chi connectivity index (χ4v) is 3.50. The first-order chi connectivity index (χ1) is 13.3. The molecule has 0 spiro atoms. The molecule has 1 aliphatic heterocycles. The van der Waals surface area contributed by atoms with Crippen LogP contribution in [0.3, 0.4) is 0 Å². The molecule has 1 N–H and O–H groups in total. The van der Waals surface area contributed by atoms with Crippen LogP contribution in [0.25, 0.3) is 10.8 Å². The van der Waals surface area contributed by atoms with Crippen LogP contribution in [0, 0.1) is 0 Å². The molecule has 3 aromatic rings. The Balaban J connectivity index is 1.38. The number of nitrogens with one attached hydrogen (secondary N) is 1. The summed E-state index contributed by atoms with van der Waals surface area (Å²) in [6.45, 7) is 4.96. The summed E-state index contributed by atoms with van der Waals surface area (Å²) in [5, 5.41) is 5.42. The third-order valence-corrected chi connectivity index (χ3v) is 5.05. The molecule has 1 amide bonds. The number of ether oxygens (including phenoxy) is 1. The molecule has 1 fully saturated rings. The van der Waals surface area contributed by atoms with Crippen LogP contribution in [0.5, 0.6) is 0 Å². The zero-order valence-electron chi connectivity index (χ0n) is 15.4. The lowest BCUT2D eigenvalue weighted by molar-refractivity contribution is 0.0342. The van der Waals surface area contributed by atoms with Crippen molar-refractivity contribution in [2.45, 2.75) is 13.1 Å². The quantitative estimate of drug-likeness (QED) is 0.756. The summed E-state index contributed by atoms with van der Waals surface area (Å²) >= 11 is 0. The van der Waals surface area contributed by atoms with Gasteiger partial charge >= 0.3 is 0 Å². The van der Waals surface area contributed by atoms with Crippen LogP contribution in [0.4, 0.5) is 0 Å². The van der Waals surface area contributed by atoms with Crippen LogP contribution < -0.4 is 5.32 Å². The Morgan fingerprint density at radius 2 is 1.67 bits per heavy atom. The van der Waals surface area contributed by atoms with Crippen molar-refractivity contribution < 1.29 is 9.53 Å². The fourth-order valence-electron chi connectivity index (χ4n) is 3.50. The van der Waals surface area contributed by atoms with Crippen molar-refractivity contribution in [3.63, 3.8) is 0 Å². The van der Waals surface area contributed by atoms with Gasteiger partial charge in [-0.25, -0.2) is 0 Å². The average molecular weight is 360 g/mol. The van der Waals surface area contributed by atoms with Gasteiger partial charge in [0, 0.05) is 31.7 Å². The molecule has 138 valence electrons. The summed E-state index contributed by atoms with van der Waals surface area (Å²) in [5.41, 5.74) is 3.05. The van der Waals surface area contributed by atoms with E-state index in [2.05, 4.69) is 34.5 Å². The van der Waals surface area contributed by atoms with Gasteiger partial charge in [0.05, 0.1) is 13.2 Å². The Morgan fingerprint density at radius 3 is 2.48 bits per heavy atom. The highest BCUT2D eigenvalue weighted by Gasteiger charge is 2.11. The lowest BCUT2D eigenvalue weighted by Gasteiger charge is -2.26. The molecule has 0 unspecified atom stereocenters. The molecule has 4 heteroatoms. The van der Waals surface area contributed by atoms with Gasteiger partial charge in [0.15, 0.2) is 0 Å². The number of morpholine rings is 1. The van der Waals surface area contributed by atoms with E-state index < -0.39 is 0 Å². The topological polar surface area (TPSA) is 41.6 Å². The van der Waals surface area contributed by atoms with E-state index in [1.54, 1.807) is 0 Å². The zero-order chi connectivity index (χ0) is 18.5. The number of carbonyl (C=O) groups excluding carboxylic acids is 1. The molecule has 0 aliphatic carbocycles. The molecular weight excluding hydrogens is 336 g/mol. The Hall–Kier alpha value is -2.69. The number of benzene rings is 3. The van der Waals surface area contributed by atoms with Crippen LogP contribution in [-0.2, 0) is 17.8 Å². The number of fused-ring (bicyclic) bond motifs is 1. The summed E-state index contributed by atoms with van der Waals surface area (Å²) in [6.07, 6.45) is 0. The summed E-state index contributed by atoms with van der Waals surface area (Å²) in [5.74, 6) is -0.0409. The van der Waals surface area contributed by atoms with Crippen molar-refractivity contribution in [2.24, 2.45) is 0 Å². The van der Waals surface area contributed by atoms with Crippen molar-refractivity contribution in [2.75, 3.05) is 26.3 Å². The van der Waals surface area contributed by atoms with Crippen molar-refractivity contribution in [3.8, 4) is 0 Å². The van der Waals surface area contributed by atoms with Crippen LogP contribution in [0.1, 0.15) is 21.5 Å². The Labute approximate surface area is 159 Å². The predicted octanol–water partition coefficient (Wildman–Crippen LogP) is 3.60.